The molecule has 0 spiro atoms. The Kier molecular flexibility index (Phi) is 57.5. The molecule has 0 heterocycles. The van der Waals surface area contributed by atoms with Crippen LogP contribution >= 0.6 is 7.82 Å². The Labute approximate surface area is 441 Å². The van der Waals surface area contributed by atoms with E-state index in [2.05, 4.69) is 13.8 Å². The van der Waals surface area contributed by atoms with Gasteiger partial charge in [-0.3, -0.25) is 18.6 Å². The number of rotatable bonds is 61. The molecule has 0 aromatic carbocycles. The SMILES string of the molecule is CCCCCCCCCCCCCCCCCCCCCCCCCCCCCCCCCCC(=O)OC(COC(=O)CCCCCCCCCCCCCCCCCCCC)COP(=O)(O)OCCN. The topological polar surface area (TPSA) is 134 Å². The summed E-state index contributed by atoms with van der Waals surface area (Å²) in [6.07, 6.45) is 66.2. The molecule has 0 aromatic heterocycles. The maximum atomic E-state index is 12.7. The Hall–Kier alpha value is -0.990. The molecule has 10 heteroatoms. The van der Waals surface area contributed by atoms with Gasteiger partial charge in [-0.25, -0.2) is 4.57 Å². The van der Waals surface area contributed by atoms with E-state index in [-0.39, 0.29) is 38.6 Å². The minimum absolute atomic E-state index is 0.0586. The van der Waals surface area contributed by atoms with E-state index in [9.17, 15) is 19.0 Å². The molecule has 2 unspecified atom stereocenters. The molecule has 424 valence electrons. The van der Waals surface area contributed by atoms with Crippen LogP contribution in [0.3, 0.4) is 0 Å². The molecular weight excluding hydrogens is 906 g/mol. The standard InChI is InChI=1S/C61H122NO8P/c1-3-5-7-9-11-13-15-17-19-21-23-24-25-26-27-28-29-30-31-32-33-34-35-36-38-40-42-44-46-48-50-52-54-61(64)70-59(58-69-71(65,66)68-56-55-62)57-67-60(63)53-51-49-47-45-43-41-39-37-22-20-18-16-14-12-10-8-6-4-2/h59H,3-58,62H2,1-2H3,(H,65,66). The maximum Gasteiger partial charge on any atom is 0.472 e. The minimum Gasteiger partial charge on any atom is -0.462 e. The molecule has 0 aromatic rings. The second kappa shape index (κ2) is 58.3. The van der Waals surface area contributed by atoms with Crippen molar-refractivity contribution in [2.45, 2.75) is 354 Å². The first-order valence-corrected chi connectivity index (χ1v) is 33.0. The van der Waals surface area contributed by atoms with Gasteiger partial charge in [-0.1, -0.05) is 322 Å². The highest BCUT2D eigenvalue weighted by Gasteiger charge is 2.26. The highest BCUT2D eigenvalue weighted by atomic mass is 31.2. The number of phosphoric acid groups is 1. The summed E-state index contributed by atoms with van der Waals surface area (Å²) in [5.41, 5.74) is 5.39. The van der Waals surface area contributed by atoms with Gasteiger partial charge in [0.2, 0.25) is 0 Å². The Morgan fingerprint density at radius 2 is 0.606 bits per heavy atom. The number of carbonyl (C=O) groups excluding carboxylic acids is 2. The molecule has 0 amide bonds. The summed E-state index contributed by atoms with van der Waals surface area (Å²) in [7, 11) is -4.38. The number of hydrogen-bond acceptors (Lipinski definition) is 8. The van der Waals surface area contributed by atoms with Gasteiger partial charge in [-0.15, -0.1) is 0 Å². The lowest BCUT2D eigenvalue weighted by Gasteiger charge is -2.19. The van der Waals surface area contributed by atoms with Crippen LogP contribution in [0.2, 0.25) is 0 Å². The molecule has 0 aliphatic carbocycles. The van der Waals surface area contributed by atoms with Gasteiger partial charge in [0.05, 0.1) is 13.2 Å². The van der Waals surface area contributed by atoms with Crippen molar-refractivity contribution in [3.63, 3.8) is 0 Å². The average Bonchev–Trinajstić information content (AvgIpc) is 3.36. The third kappa shape index (κ3) is 58.1. The monoisotopic (exact) mass is 1030 g/mol. The number of esters is 2. The zero-order chi connectivity index (χ0) is 51.7. The fourth-order valence-corrected chi connectivity index (χ4v) is 10.6. The van der Waals surface area contributed by atoms with E-state index in [0.29, 0.717) is 6.42 Å². The van der Waals surface area contributed by atoms with Crippen LogP contribution in [0.25, 0.3) is 0 Å². The quantitative estimate of drug-likeness (QED) is 0.0347. The molecule has 0 rings (SSSR count). The molecule has 9 nitrogen and oxygen atoms in total. The summed E-state index contributed by atoms with van der Waals surface area (Å²) < 4.78 is 33.1. The van der Waals surface area contributed by atoms with Crippen LogP contribution in [0.5, 0.6) is 0 Å². The van der Waals surface area contributed by atoms with Crippen LogP contribution in [0.1, 0.15) is 348 Å². The van der Waals surface area contributed by atoms with Gasteiger partial charge in [0.15, 0.2) is 6.10 Å². The van der Waals surface area contributed by atoms with E-state index in [4.69, 9.17) is 24.3 Å². The van der Waals surface area contributed by atoms with E-state index in [1.807, 2.05) is 0 Å². The molecule has 0 aliphatic heterocycles. The first kappa shape index (κ1) is 70.0. The predicted molar refractivity (Wildman–Crippen MR) is 303 cm³/mol. The summed E-state index contributed by atoms with van der Waals surface area (Å²) in [5, 5.41) is 0. The lowest BCUT2D eigenvalue weighted by Crippen LogP contribution is -2.29. The Morgan fingerprint density at radius 1 is 0.366 bits per heavy atom. The van der Waals surface area contributed by atoms with Crippen LogP contribution in [-0.4, -0.2) is 49.3 Å². The first-order valence-electron chi connectivity index (χ1n) is 31.5. The number of phosphoric ester groups is 1. The van der Waals surface area contributed by atoms with Crippen LogP contribution in [-0.2, 0) is 32.7 Å². The number of carbonyl (C=O) groups is 2. The summed E-state index contributed by atoms with van der Waals surface area (Å²) in [6.45, 7) is 3.83. The summed E-state index contributed by atoms with van der Waals surface area (Å²) in [4.78, 5) is 35.2. The van der Waals surface area contributed by atoms with E-state index in [0.717, 1.165) is 32.1 Å². The molecule has 3 N–H and O–H groups in total. The molecule has 0 fully saturated rings. The van der Waals surface area contributed by atoms with Crippen LogP contribution in [0.15, 0.2) is 0 Å². The van der Waals surface area contributed by atoms with Gasteiger partial charge in [-0.05, 0) is 12.8 Å². The first-order chi connectivity index (χ1) is 34.8. The number of nitrogens with two attached hydrogens (primary N) is 1. The largest absolute Gasteiger partial charge is 0.472 e. The molecule has 0 aliphatic rings. The van der Waals surface area contributed by atoms with Crippen molar-refractivity contribution in [3.8, 4) is 0 Å². The van der Waals surface area contributed by atoms with Gasteiger partial charge in [-0.2, -0.15) is 0 Å². The van der Waals surface area contributed by atoms with Crippen molar-refractivity contribution in [1.29, 1.82) is 0 Å². The number of unbranched alkanes of at least 4 members (excludes halogenated alkanes) is 48. The molecule has 2 atom stereocenters. The Balaban J connectivity index is 3.81. The van der Waals surface area contributed by atoms with Crippen molar-refractivity contribution in [3.05, 3.63) is 0 Å². The van der Waals surface area contributed by atoms with Crippen molar-refractivity contribution >= 4 is 19.8 Å². The minimum atomic E-state index is -4.38. The normalized spacial score (nSPS) is 12.9. The third-order valence-electron chi connectivity index (χ3n) is 14.5. The van der Waals surface area contributed by atoms with Crippen molar-refractivity contribution in [2.75, 3.05) is 26.4 Å². The zero-order valence-corrected chi connectivity index (χ0v) is 48.4. The molecule has 0 saturated heterocycles. The van der Waals surface area contributed by atoms with Gasteiger partial charge in [0, 0.05) is 19.4 Å². The molecule has 71 heavy (non-hydrogen) atoms. The predicted octanol–water partition coefficient (Wildman–Crippen LogP) is 19.9. The second-order valence-electron chi connectivity index (χ2n) is 21.7. The van der Waals surface area contributed by atoms with Gasteiger partial charge >= 0.3 is 19.8 Å². The molecule has 0 radical (unpaired) electrons. The van der Waals surface area contributed by atoms with Gasteiger partial charge < -0.3 is 20.1 Å². The Bertz CT molecular complexity index is 1130. The Morgan fingerprint density at radius 3 is 0.859 bits per heavy atom. The molecule has 0 saturated carbocycles. The zero-order valence-electron chi connectivity index (χ0n) is 47.5. The smallest absolute Gasteiger partial charge is 0.462 e. The van der Waals surface area contributed by atoms with Crippen LogP contribution in [0.4, 0.5) is 0 Å². The van der Waals surface area contributed by atoms with Crippen LogP contribution < -0.4 is 5.73 Å². The van der Waals surface area contributed by atoms with Crippen LogP contribution in [0, 0.1) is 0 Å². The van der Waals surface area contributed by atoms with Crippen molar-refractivity contribution in [2.24, 2.45) is 5.73 Å². The molecular formula is C61H122NO8P. The average molecular weight is 1030 g/mol. The van der Waals surface area contributed by atoms with Crippen molar-refractivity contribution in [1.82, 2.24) is 0 Å². The van der Waals surface area contributed by atoms with Gasteiger partial charge in [0.25, 0.3) is 0 Å². The third-order valence-corrected chi connectivity index (χ3v) is 15.5. The second-order valence-corrected chi connectivity index (χ2v) is 23.1. The molecule has 0 bridgehead atoms. The summed E-state index contributed by atoms with van der Waals surface area (Å²) in [6, 6.07) is 0. The lowest BCUT2D eigenvalue weighted by molar-refractivity contribution is -0.161. The van der Waals surface area contributed by atoms with Crippen molar-refractivity contribution < 1.29 is 37.6 Å². The fraction of sp³-hybridized carbons (Fsp3) is 0.967. The van der Waals surface area contributed by atoms with E-state index in [1.54, 1.807) is 0 Å². The number of hydrogen-bond donors (Lipinski definition) is 2. The number of ether oxygens (including phenoxy) is 2. The fourth-order valence-electron chi connectivity index (χ4n) is 9.82. The van der Waals surface area contributed by atoms with E-state index >= 15 is 0 Å². The van der Waals surface area contributed by atoms with Gasteiger partial charge in [0.1, 0.15) is 6.61 Å². The lowest BCUT2D eigenvalue weighted by atomic mass is 10.0. The summed E-state index contributed by atoms with van der Waals surface area (Å²) in [5.74, 6) is -0.801. The summed E-state index contributed by atoms with van der Waals surface area (Å²) >= 11 is 0. The highest BCUT2D eigenvalue weighted by molar-refractivity contribution is 7.47. The van der Waals surface area contributed by atoms with E-state index in [1.165, 1.54) is 283 Å². The van der Waals surface area contributed by atoms with E-state index < -0.39 is 26.5 Å². The highest BCUT2D eigenvalue weighted by Crippen LogP contribution is 2.43. The maximum absolute atomic E-state index is 12.7.